The Morgan fingerprint density at radius 1 is 1.44 bits per heavy atom. The quantitative estimate of drug-likeness (QED) is 0.735. The van der Waals surface area contributed by atoms with Crippen LogP contribution < -0.4 is 5.32 Å². The van der Waals surface area contributed by atoms with Crippen molar-refractivity contribution in [2.45, 2.75) is 13.0 Å². The number of tetrazole rings is 1. The maximum atomic E-state index is 5.31. The highest BCUT2D eigenvalue weighted by Gasteiger charge is 2.14. The molecule has 1 aliphatic rings. The summed E-state index contributed by atoms with van der Waals surface area (Å²) in [7, 11) is 1.82. The Labute approximate surface area is 94.8 Å². The Balaban J connectivity index is 1.79. The minimum atomic E-state index is 0.322. The van der Waals surface area contributed by atoms with Crippen LogP contribution in [0.15, 0.2) is 0 Å². The predicted octanol–water partition coefficient (Wildman–Crippen LogP) is -0.657. The summed E-state index contributed by atoms with van der Waals surface area (Å²) in [6.45, 7) is 6.78. The lowest BCUT2D eigenvalue weighted by atomic mass is 10.3. The van der Waals surface area contributed by atoms with E-state index in [0.29, 0.717) is 12.0 Å². The van der Waals surface area contributed by atoms with E-state index in [1.807, 2.05) is 7.05 Å². The fourth-order valence-electron chi connectivity index (χ4n) is 1.79. The zero-order valence-electron chi connectivity index (χ0n) is 9.76. The highest BCUT2D eigenvalue weighted by Crippen LogP contribution is 2.03. The second-order valence-corrected chi connectivity index (χ2v) is 4.08. The molecule has 90 valence electrons. The normalized spacial score (nSPS) is 19.6. The van der Waals surface area contributed by atoms with Crippen molar-refractivity contribution in [1.29, 1.82) is 0 Å². The molecule has 2 rings (SSSR count). The van der Waals surface area contributed by atoms with Crippen molar-refractivity contribution in [3.05, 3.63) is 0 Å². The van der Waals surface area contributed by atoms with Crippen molar-refractivity contribution in [3.8, 4) is 0 Å². The number of aromatic nitrogens is 4. The van der Waals surface area contributed by atoms with Gasteiger partial charge in [-0.25, -0.2) is 4.68 Å². The molecule has 1 N–H and O–H groups in total. The van der Waals surface area contributed by atoms with Gasteiger partial charge in [-0.1, -0.05) is 5.10 Å². The predicted molar refractivity (Wildman–Crippen MR) is 59.1 cm³/mol. The van der Waals surface area contributed by atoms with E-state index in [1.54, 1.807) is 4.68 Å². The second kappa shape index (κ2) is 5.22. The molecule has 1 aromatic rings. The van der Waals surface area contributed by atoms with Crippen LogP contribution in [0.1, 0.15) is 6.92 Å². The van der Waals surface area contributed by atoms with E-state index in [1.165, 1.54) is 0 Å². The van der Waals surface area contributed by atoms with Gasteiger partial charge in [-0.2, -0.15) is 0 Å². The van der Waals surface area contributed by atoms with Gasteiger partial charge in [0.1, 0.15) is 0 Å². The van der Waals surface area contributed by atoms with E-state index in [4.69, 9.17) is 4.74 Å². The number of nitrogens with one attached hydrogen (secondary N) is 1. The first-order chi connectivity index (χ1) is 7.75. The molecule has 2 heterocycles. The molecule has 0 aromatic carbocycles. The number of hydrogen-bond acceptors (Lipinski definition) is 6. The second-order valence-electron chi connectivity index (χ2n) is 4.08. The summed E-state index contributed by atoms with van der Waals surface area (Å²) in [4.78, 5) is 2.38. The van der Waals surface area contributed by atoms with Gasteiger partial charge in [-0.05, 0) is 17.4 Å². The monoisotopic (exact) mass is 226 g/mol. The topological polar surface area (TPSA) is 68.1 Å². The molecule has 1 aromatic heterocycles. The average molecular weight is 226 g/mol. The van der Waals surface area contributed by atoms with Crippen molar-refractivity contribution < 1.29 is 4.74 Å². The molecule has 7 heteroatoms. The molecule has 0 amide bonds. The Morgan fingerprint density at radius 3 is 2.81 bits per heavy atom. The number of aryl methyl sites for hydroxylation is 1. The molecule has 0 saturated carbocycles. The van der Waals surface area contributed by atoms with Gasteiger partial charge in [-0.15, -0.1) is 0 Å². The summed E-state index contributed by atoms with van der Waals surface area (Å²) in [5, 5.41) is 14.5. The molecule has 7 nitrogen and oxygen atoms in total. The zero-order chi connectivity index (χ0) is 11.4. The van der Waals surface area contributed by atoms with Crippen LogP contribution in [0.3, 0.4) is 0 Å². The van der Waals surface area contributed by atoms with Crippen LogP contribution in [0.5, 0.6) is 0 Å². The fraction of sp³-hybridized carbons (Fsp3) is 0.889. The summed E-state index contributed by atoms with van der Waals surface area (Å²) in [6.07, 6.45) is 0. The van der Waals surface area contributed by atoms with Gasteiger partial charge in [0.15, 0.2) is 0 Å². The third-order valence-corrected chi connectivity index (χ3v) is 2.63. The number of rotatable bonds is 4. The number of morpholine rings is 1. The lowest BCUT2D eigenvalue weighted by Crippen LogP contribution is -2.42. The van der Waals surface area contributed by atoms with Gasteiger partial charge in [0, 0.05) is 32.7 Å². The third-order valence-electron chi connectivity index (χ3n) is 2.63. The number of nitrogens with zero attached hydrogens (tertiary/aromatic N) is 5. The molecular weight excluding hydrogens is 208 g/mol. The Kier molecular flexibility index (Phi) is 3.68. The summed E-state index contributed by atoms with van der Waals surface area (Å²) in [5.41, 5.74) is 0. The third kappa shape index (κ3) is 2.89. The fourth-order valence-corrected chi connectivity index (χ4v) is 1.79. The minimum absolute atomic E-state index is 0.322. The molecule has 0 aliphatic carbocycles. The Bertz CT molecular complexity index is 322. The number of anilines is 1. The molecule has 1 fully saturated rings. The highest BCUT2D eigenvalue weighted by molar-refractivity contribution is 5.22. The number of ether oxygens (including phenoxy) is 1. The van der Waals surface area contributed by atoms with Gasteiger partial charge in [0.2, 0.25) is 5.95 Å². The lowest BCUT2D eigenvalue weighted by Gasteiger charge is -2.29. The highest BCUT2D eigenvalue weighted by atomic mass is 16.5. The van der Waals surface area contributed by atoms with Gasteiger partial charge < -0.3 is 10.1 Å². The van der Waals surface area contributed by atoms with E-state index in [2.05, 4.69) is 32.7 Å². The van der Waals surface area contributed by atoms with E-state index in [9.17, 15) is 0 Å². The van der Waals surface area contributed by atoms with Gasteiger partial charge >= 0.3 is 0 Å². The molecular formula is C9H18N6O. The molecule has 0 spiro atoms. The van der Waals surface area contributed by atoms with E-state index < -0.39 is 0 Å². The van der Waals surface area contributed by atoms with E-state index in [-0.39, 0.29) is 0 Å². The number of hydrogen-bond donors (Lipinski definition) is 1. The molecule has 0 bridgehead atoms. The SMILES string of the molecule is CC(CN1CCOCC1)Nc1nnnn1C. The van der Waals surface area contributed by atoms with Crippen molar-refractivity contribution in [3.63, 3.8) is 0 Å². The van der Waals surface area contributed by atoms with Crippen LogP contribution in [0.25, 0.3) is 0 Å². The van der Waals surface area contributed by atoms with E-state index >= 15 is 0 Å². The van der Waals surface area contributed by atoms with Gasteiger partial charge in [0.05, 0.1) is 13.2 Å². The molecule has 1 unspecified atom stereocenters. The van der Waals surface area contributed by atoms with Crippen LogP contribution in [-0.4, -0.2) is 64.0 Å². The smallest absolute Gasteiger partial charge is 0.242 e. The van der Waals surface area contributed by atoms with Crippen molar-refractivity contribution >= 4 is 5.95 Å². The summed E-state index contributed by atoms with van der Waals surface area (Å²) >= 11 is 0. The molecule has 16 heavy (non-hydrogen) atoms. The van der Waals surface area contributed by atoms with Crippen molar-refractivity contribution in [1.82, 2.24) is 25.1 Å². The lowest BCUT2D eigenvalue weighted by molar-refractivity contribution is 0.0367. The maximum Gasteiger partial charge on any atom is 0.242 e. The van der Waals surface area contributed by atoms with Crippen molar-refractivity contribution in [2.24, 2.45) is 7.05 Å². The Hall–Kier alpha value is -1.21. The van der Waals surface area contributed by atoms with Gasteiger partial charge in [0.25, 0.3) is 0 Å². The summed E-state index contributed by atoms with van der Waals surface area (Å²) in [5.74, 6) is 0.709. The summed E-state index contributed by atoms with van der Waals surface area (Å²) < 4.78 is 6.94. The van der Waals surface area contributed by atoms with Crippen LogP contribution in [0.4, 0.5) is 5.95 Å². The zero-order valence-corrected chi connectivity index (χ0v) is 9.76. The first-order valence-corrected chi connectivity index (χ1v) is 5.54. The van der Waals surface area contributed by atoms with Crippen LogP contribution in [0, 0.1) is 0 Å². The molecule has 1 aliphatic heterocycles. The molecule has 1 atom stereocenters. The van der Waals surface area contributed by atoms with Crippen LogP contribution >= 0.6 is 0 Å². The molecule has 0 radical (unpaired) electrons. The van der Waals surface area contributed by atoms with E-state index in [0.717, 1.165) is 32.8 Å². The minimum Gasteiger partial charge on any atom is -0.379 e. The van der Waals surface area contributed by atoms with Crippen LogP contribution in [-0.2, 0) is 11.8 Å². The van der Waals surface area contributed by atoms with Crippen LogP contribution in [0.2, 0.25) is 0 Å². The van der Waals surface area contributed by atoms with Crippen molar-refractivity contribution in [2.75, 3.05) is 38.2 Å². The van der Waals surface area contributed by atoms with Gasteiger partial charge in [-0.3, -0.25) is 4.90 Å². The summed E-state index contributed by atoms with van der Waals surface area (Å²) in [6, 6.07) is 0.322. The average Bonchev–Trinajstić information content (AvgIpc) is 2.66. The standard InChI is InChI=1S/C9H18N6O/c1-8(7-15-3-5-16-6-4-15)10-9-11-12-13-14(9)2/h8H,3-7H2,1-2H3,(H,10,11,13). The largest absolute Gasteiger partial charge is 0.379 e. The molecule has 1 saturated heterocycles. The first kappa shape index (κ1) is 11.3. The maximum absolute atomic E-state index is 5.31. The first-order valence-electron chi connectivity index (χ1n) is 5.54. The Morgan fingerprint density at radius 2 is 2.19 bits per heavy atom.